The summed E-state index contributed by atoms with van der Waals surface area (Å²) in [7, 11) is 5.35. The van der Waals surface area contributed by atoms with Gasteiger partial charge >= 0.3 is 0 Å². The maximum Gasteiger partial charge on any atom is 0.193 e. The average molecular weight is 354 g/mol. The lowest BCUT2D eigenvalue weighted by atomic mass is 10.00. The van der Waals surface area contributed by atoms with Crippen molar-refractivity contribution in [3.8, 4) is 11.5 Å². The molecule has 2 aromatic carbocycles. The van der Waals surface area contributed by atoms with E-state index in [9.17, 15) is 0 Å². The third kappa shape index (κ3) is 4.02. The third-order valence-corrected chi connectivity index (χ3v) is 4.58. The first-order chi connectivity index (χ1) is 12.6. The van der Waals surface area contributed by atoms with Crippen LogP contribution in [0.4, 0.5) is 11.4 Å². The normalized spacial score (nSPS) is 14.0. The fraction of sp³-hybridized carbons (Fsp3) is 0.350. The lowest BCUT2D eigenvalue weighted by molar-refractivity contribution is 0.355. The number of benzene rings is 2. The number of nitrogens with two attached hydrogens (primary N) is 1. The molecule has 1 heterocycles. The summed E-state index contributed by atoms with van der Waals surface area (Å²) in [6, 6.07) is 12.1. The smallest absolute Gasteiger partial charge is 0.193 e. The second kappa shape index (κ2) is 7.99. The molecule has 0 unspecified atom stereocenters. The molecule has 0 aromatic heterocycles. The van der Waals surface area contributed by atoms with E-state index in [1.54, 1.807) is 14.2 Å². The molecule has 0 atom stereocenters. The van der Waals surface area contributed by atoms with E-state index >= 15 is 0 Å². The number of aliphatic imine (C=N–C) groups is 1. The topological polar surface area (TPSA) is 72.1 Å². The zero-order valence-corrected chi connectivity index (χ0v) is 15.6. The Morgan fingerprint density at radius 1 is 1.15 bits per heavy atom. The van der Waals surface area contributed by atoms with E-state index in [-0.39, 0.29) is 0 Å². The number of rotatable bonds is 5. The molecular formula is C20H26N4O2. The Hall–Kier alpha value is -2.89. The van der Waals surface area contributed by atoms with Gasteiger partial charge < -0.3 is 25.4 Å². The van der Waals surface area contributed by atoms with E-state index < -0.39 is 0 Å². The Labute approximate surface area is 154 Å². The average Bonchev–Trinajstić information content (AvgIpc) is 2.66. The van der Waals surface area contributed by atoms with Crippen LogP contribution in [0.5, 0.6) is 11.5 Å². The Kier molecular flexibility index (Phi) is 5.51. The van der Waals surface area contributed by atoms with Crippen LogP contribution in [0.15, 0.2) is 41.4 Å². The molecule has 3 N–H and O–H groups in total. The molecule has 0 saturated heterocycles. The summed E-state index contributed by atoms with van der Waals surface area (Å²) in [5.41, 5.74) is 10.7. The van der Waals surface area contributed by atoms with Gasteiger partial charge in [-0.05, 0) is 42.2 Å². The molecule has 6 heteroatoms. The highest BCUT2D eigenvalue weighted by Gasteiger charge is 2.13. The molecule has 0 saturated carbocycles. The number of hydrogen-bond acceptors (Lipinski definition) is 4. The Morgan fingerprint density at radius 3 is 2.73 bits per heavy atom. The van der Waals surface area contributed by atoms with Crippen molar-refractivity contribution in [2.45, 2.75) is 19.4 Å². The summed E-state index contributed by atoms with van der Waals surface area (Å²) in [6.45, 7) is 1.66. The van der Waals surface area contributed by atoms with Crippen LogP contribution in [-0.2, 0) is 13.0 Å². The molecule has 0 bridgehead atoms. The Morgan fingerprint density at radius 2 is 1.96 bits per heavy atom. The molecule has 1 aliphatic rings. The Balaban J connectivity index is 1.67. The van der Waals surface area contributed by atoms with Gasteiger partial charge in [-0.2, -0.15) is 0 Å². The van der Waals surface area contributed by atoms with Gasteiger partial charge in [0, 0.05) is 31.0 Å². The highest BCUT2D eigenvalue weighted by Crippen LogP contribution is 2.30. The van der Waals surface area contributed by atoms with E-state index in [4.69, 9.17) is 15.2 Å². The van der Waals surface area contributed by atoms with E-state index in [0.717, 1.165) is 24.2 Å². The van der Waals surface area contributed by atoms with E-state index in [0.29, 0.717) is 24.0 Å². The number of methoxy groups -OCH3 is 2. The number of hydrogen-bond donors (Lipinski definition) is 2. The second-order valence-corrected chi connectivity index (χ2v) is 6.38. The van der Waals surface area contributed by atoms with Crippen LogP contribution in [0.2, 0.25) is 0 Å². The van der Waals surface area contributed by atoms with Crippen molar-refractivity contribution in [1.82, 2.24) is 0 Å². The lowest BCUT2D eigenvalue weighted by Crippen LogP contribution is -2.24. The predicted molar refractivity (Wildman–Crippen MR) is 107 cm³/mol. The highest BCUT2D eigenvalue weighted by molar-refractivity contribution is 5.92. The molecule has 3 rings (SSSR count). The molecule has 138 valence electrons. The van der Waals surface area contributed by atoms with Crippen LogP contribution in [0, 0.1) is 0 Å². The van der Waals surface area contributed by atoms with Gasteiger partial charge in [0.05, 0.1) is 20.8 Å². The van der Waals surface area contributed by atoms with Crippen LogP contribution >= 0.6 is 0 Å². The van der Waals surface area contributed by atoms with Crippen LogP contribution in [0.25, 0.3) is 0 Å². The summed E-state index contributed by atoms with van der Waals surface area (Å²) in [6.07, 6.45) is 2.32. The summed E-state index contributed by atoms with van der Waals surface area (Å²) >= 11 is 0. The largest absolute Gasteiger partial charge is 0.493 e. The minimum Gasteiger partial charge on any atom is -0.493 e. The van der Waals surface area contributed by atoms with Crippen LogP contribution in [0.3, 0.4) is 0 Å². The highest BCUT2D eigenvalue weighted by atomic mass is 16.5. The Bertz CT molecular complexity index is 804. The summed E-state index contributed by atoms with van der Waals surface area (Å²) in [4.78, 5) is 6.76. The van der Waals surface area contributed by atoms with Gasteiger partial charge in [-0.15, -0.1) is 0 Å². The van der Waals surface area contributed by atoms with E-state index in [2.05, 4.69) is 40.5 Å². The van der Waals surface area contributed by atoms with Crippen molar-refractivity contribution in [3.63, 3.8) is 0 Å². The molecule has 0 radical (unpaired) electrons. The number of guanidine groups is 1. The molecule has 26 heavy (non-hydrogen) atoms. The summed E-state index contributed by atoms with van der Waals surface area (Å²) in [5, 5.41) is 3.09. The maximum atomic E-state index is 6.03. The van der Waals surface area contributed by atoms with Crippen molar-refractivity contribution in [3.05, 3.63) is 47.5 Å². The molecule has 2 aromatic rings. The second-order valence-electron chi connectivity index (χ2n) is 6.38. The molecule has 6 nitrogen and oxygen atoms in total. The fourth-order valence-corrected chi connectivity index (χ4v) is 3.21. The molecule has 0 amide bonds. The number of nitrogens with zero attached hydrogens (tertiary/aromatic N) is 2. The quantitative estimate of drug-likeness (QED) is 0.638. The summed E-state index contributed by atoms with van der Waals surface area (Å²) < 4.78 is 10.5. The first-order valence-electron chi connectivity index (χ1n) is 8.72. The standard InChI is InChI=1S/C20H26N4O2/c1-24-10-4-5-15-11-14(6-8-17(15)24)13-22-20(21)23-16-7-9-18(25-2)19(12-16)26-3/h6-9,11-12H,4-5,10,13H2,1-3H3,(H3,21,22,23). The molecule has 1 aliphatic heterocycles. The number of fused-ring (bicyclic) bond motifs is 1. The zero-order chi connectivity index (χ0) is 18.5. The van der Waals surface area contributed by atoms with Crippen molar-refractivity contribution >= 4 is 17.3 Å². The third-order valence-electron chi connectivity index (χ3n) is 4.58. The lowest BCUT2D eigenvalue weighted by Gasteiger charge is -2.27. The number of nitrogens with one attached hydrogen (secondary N) is 1. The first-order valence-corrected chi connectivity index (χ1v) is 8.72. The number of anilines is 2. The van der Waals surface area contributed by atoms with Crippen LogP contribution in [0.1, 0.15) is 17.5 Å². The van der Waals surface area contributed by atoms with Crippen molar-refractivity contribution in [2.75, 3.05) is 38.0 Å². The van der Waals surface area contributed by atoms with Gasteiger partial charge in [0.25, 0.3) is 0 Å². The van der Waals surface area contributed by atoms with E-state index in [1.165, 1.54) is 17.7 Å². The minimum absolute atomic E-state index is 0.368. The van der Waals surface area contributed by atoms with Gasteiger partial charge in [0.15, 0.2) is 17.5 Å². The minimum atomic E-state index is 0.368. The van der Waals surface area contributed by atoms with E-state index in [1.807, 2.05) is 18.2 Å². The first kappa shape index (κ1) is 17.9. The fourth-order valence-electron chi connectivity index (χ4n) is 3.21. The van der Waals surface area contributed by atoms with Crippen molar-refractivity contribution < 1.29 is 9.47 Å². The molecule has 0 fully saturated rings. The maximum absolute atomic E-state index is 6.03. The SMILES string of the molecule is COc1ccc(NC(N)=NCc2ccc3c(c2)CCCN3C)cc1OC. The van der Waals surface area contributed by atoms with Gasteiger partial charge in [0.1, 0.15) is 0 Å². The number of ether oxygens (including phenoxy) is 2. The van der Waals surface area contributed by atoms with Crippen molar-refractivity contribution in [2.24, 2.45) is 10.7 Å². The molecule has 0 spiro atoms. The molecule has 0 aliphatic carbocycles. The summed E-state index contributed by atoms with van der Waals surface area (Å²) in [5.74, 6) is 1.68. The van der Waals surface area contributed by atoms with Gasteiger partial charge in [-0.25, -0.2) is 4.99 Å². The van der Waals surface area contributed by atoms with Gasteiger partial charge in [0.2, 0.25) is 0 Å². The van der Waals surface area contributed by atoms with Gasteiger partial charge in [-0.3, -0.25) is 0 Å². The monoisotopic (exact) mass is 354 g/mol. The number of aryl methyl sites for hydroxylation is 1. The van der Waals surface area contributed by atoms with Crippen molar-refractivity contribution in [1.29, 1.82) is 0 Å². The zero-order valence-electron chi connectivity index (χ0n) is 15.6. The van der Waals surface area contributed by atoms with Crippen LogP contribution < -0.4 is 25.4 Å². The van der Waals surface area contributed by atoms with Crippen LogP contribution in [-0.4, -0.2) is 33.8 Å². The molecular weight excluding hydrogens is 328 g/mol. The predicted octanol–water partition coefficient (Wildman–Crippen LogP) is 3.01. The van der Waals surface area contributed by atoms with Gasteiger partial charge in [-0.1, -0.05) is 12.1 Å².